The fourth-order valence-corrected chi connectivity index (χ4v) is 1.72. The zero-order valence-electron chi connectivity index (χ0n) is 11.3. The first-order valence-electron chi connectivity index (χ1n) is 6.21. The van der Waals surface area contributed by atoms with Crippen molar-refractivity contribution < 1.29 is 9.90 Å². The molecular weight excluding hydrogens is 218 g/mol. The number of nitrogens with zero attached hydrogens (tertiary/aromatic N) is 1. The van der Waals surface area contributed by atoms with Crippen LogP contribution in [0.2, 0.25) is 0 Å². The van der Waals surface area contributed by atoms with Crippen LogP contribution in [0.25, 0.3) is 0 Å². The first-order valence-corrected chi connectivity index (χ1v) is 6.21. The van der Waals surface area contributed by atoms with Crippen LogP contribution in [0.3, 0.4) is 0 Å². The highest BCUT2D eigenvalue weighted by Crippen LogP contribution is 2.03. The van der Waals surface area contributed by atoms with Gasteiger partial charge in [-0.3, -0.25) is 4.79 Å². The lowest BCUT2D eigenvalue weighted by atomic mass is 10.1. The molecule has 0 rings (SSSR count). The van der Waals surface area contributed by atoms with Gasteiger partial charge in [0.15, 0.2) is 0 Å². The van der Waals surface area contributed by atoms with Crippen LogP contribution in [0, 0.1) is 0 Å². The lowest BCUT2D eigenvalue weighted by molar-refractivity contribution is -0.122. The molecule has 0 saturated heterocycles. The smallest absolute Gasteiger partial charge is 0.220 e. The molecule has 0 radical (unpaired) electrons. The topological polar surface area (TPSA) is 78.6 Å². The highest BCUT2D eigenvalue weighted by Gasteiger charge is 2.21. The third kappa shape index (κ3) is 10.2. The summed E-state index contributed by atoms with van der Waals surface area (Å²) < 4.78 is 0. The average Bonchev–Trinajstić information content (AvgIpc) is 2.20. The molecule has 102 valence electrons. The fraction of sp³-hybridized carbons (Fsp3) is 0.917. The molecule has 17 heavy (non-hydrogen) atoms. The fourth-order valence-electron chi connectivity index (χ4n) is 1.72. The lowest BCUT2D eigenvalue weighted by Crippen LogP contribution is -2.47. The Morgan fingerprint density at radius 1 is 1.35 bits per heavy atom. The second kappa shape index (κ2) is 8.44. The number of carbonyl (C=O) groups is 1. The highest BCUT2D eigenvalue weighted by atomic mass is 16.3. The van der Waals surface area contributed by atoms with Gasteiger partial charge in [-0.1, -0.05) is 6.42 Å². The third-order valence-corrected chi connectivity index (χ3v) is 2.43. The number of hydrogen-bond donors (Lipinski definition) is 3. The van der Waals surface area contributed by atoms with Gasteiger partial charge in [0.2, 0.25) is 5.91 Å². The Bertz CT molecular complexity index is 218. The number of amides is 1. The van der Waals surface area contributed by atoms with Crippen molar-refractivity contribution in [2.24, 2.45) is 5.73 Å². The van der Waals surface area contributed by atoms with Crippen molar-refractivity contribution in [2.75, 3.05) is 33.7 Å². The van der Waals surface area contributed by atoms with E-state index in [1.54, 1.807) is 6.92 Å². The van der Waals surface area contributed by atoms with Gasteiger partial charge in [0.25, 0.3) is 0 Å². The van der Waals surface area contributed by atoms with Crippen LogP contribution >= 0.6 is 0 Å². The van der Waals surface area contributed by atoms with E-state index < -0.39 is 5.60 Å². The monoisotopic (exact) mass is 245 g/mol. The number of likely N-dealkylation sites (N-methyl/N-ethyl adjacent to an activating group) is 1. The van der Waals surface area contributed by atoms with Crippen molar-refractivity contribution >= 4 is 5.91 Å². The molecule has 5 heteroatoms. The molecule has 0 aliphatic heterocycles. The first-order chi connectivity index (χ1) is 7.87. The van der Waals surface area contributed by atoms with Gasteiger partial charge in [0.1, 0.15) is 0 Å². The molecule has 0 heterocycles. The molecule has 1 amide bonds. The van der Waals surface area contributed by atoms with Crippen molar-refractivity contribution in [1.82, 2.24) is 10.2 Å². The predicted octanol–water partition coefficient (Wildman–Crippen LogP) is -0.0657. The lowest BCUT2D eigenvalue weighted by Gasteiger charge is -2.27. The van der Waals surface area contributed by atoms with Crippen molar-refractivity contribution in [3.05, 3.63) is 0 Å². The zero-order chi connectivity index (χ0) is 13.3. The van der Waals surface area contributed by atoms with Crippen molar-refractivity contribution in [3.63, 3.8) is 0 Å². The summed E-state index contributed by atoms with van der Waals surface area (Å²) in [5.41, 5.74) is 4.49. The van der Waals surface area contributed by atoms with Crippen LogP contribution in [0.15, 0.2) is 0 Å². The highest BCUT2D eigenvalue weighted by molar-refractivity contribution is 5.75. The summed E-state index contributed by atoms with van der Waals surface area (Å²) in [6.07, 6.45) is 3.32. The van der Waals surface area contributed by atoms with E-state index in [-0.39, 0.29) is 5.91 Å². The number of rotatable bonds is 9. The SMILES string of the molecule is CN(C)CC(C)(O)CNC(=O)CCCCCN. The van der Waals surface area contributed by atoms with E-state index in [9.17, 15) is 9.90 Å². The Balaban J connectivity index is 3.68. The van der Waals surface area contributed by atoms with Crippen molar-refractivity contribution in [2.45, 2.75) is 38.2 Å². The summed E-state index contributed by atoms with van der Waals surface area (Å²) in [6.45, 7) is 3.22. The molecule has 0 spiro atoms. The Labute approximate surface area is 104 Å². The maximum absolute atomic E-state index is 11.5. The van der Waals surface area contributed by atoms with E-state index in [1.165, 1.54) is 0 Å². The van der Waals surface area contributed by atoms with Crippen molar-refractivity contribution in [1.29, 1.82) is 0 Å². The van der Waals surface area contributed by atoms with E-state index in [0.29, 0.717) is 26.1 Å². The van der Waals surface area contributed by atoms with Gasteiger partial charge < -0.3 is 21.1 Å². The third-order valence-electron chi connectivity index (χ3n) is 2.43. The second-order valence-electron chi connectivity index (χ2n) is 5.11. The number of nitrogens with two attached hydrogens (primary N) is 1. The van der Waals surface area contributed by atoms with Crippen LogP contribution in [0.4, 0.5) is 0 Å². The van der Waals surface area contributed by atoms with Crippen molar-refractivity contribution in [3.8, 4) is 0 Å². The van der Waals surface area contributed by atoms with Gasteiger partial charge in [-0.25, -0.2) is 0 Å². The predicted molar refractivity (Wildman–Crippen MR) is 69.7 cm³/mol. The summed E-state index contributed by atoms with van der Waals surface area (Å²) in [5.74, 6) is 0.000975. The van der Waals surface area contributed by atoms with E-state index in [0.717, 1.165) is 19.3 Å². The van der Waals surface area contributed by atoms with Crippen LogP contribution in [-0.4, -0.2) is 55.2 Å². The summed E-state index contributed by atoms with van der Waals surface area (Å²) >= 11 is 0. The number of carbonyl (C=O) groups excluding carboxylic acids is 1. The van der Waals surface area contributed by atoms with Gasteiger partial charge in [0, 0.05) is 19.5 Å². The van der Waals surface area contributed by atoms with E-state index in [2.05, 4.69) is 5.32 Å². The van der Waals surface area contributed by atoms with Crippen LogP contribution < -0.4 is 11.1 Å². The van der Waals surface area contributed by atoms with Crippen LogP contribution in [-0.2, 0) is 4.79 Å². The maximum atomic E-state index is 11.5. The second-order valence-corrected chi connectivity index (χ2v) is 5.11. The number of hydrogen-bond acceptors (Lipinski definition) is 4. The standard InChI is InChI=1S/C12H27N3O2/c1-12(17,10-15(2)3)9-14-11(16)7-5-4-6-8-13/h17H,4-10,13H2,1-3H3,(H,14,16). The molecule has 1 unspecified atom stereocenters. The minimum Gasteiger partial charge on any atom is -0.387 e. The minimum atomic E-state index is -0.879. The summed E-state index contributed by atoms with van der Waals surface area (Å²) in [6, 6.07) is 0. The van der Waals surface area contributed by atoms with Gasteiger partial charge >= 0.3 is 0 Å². The van der Waals surface area contributed by atoms with Crippen LogP contribution in [0.1, 0.15) is 32.6 Å². The Morgan fingerprint density at radius 2 is 2.00 bits per heavy atom. The van der Waals surface area contributed by atoms with Gasteiger partial charge in [0.05, 0.1) is 5.60 Å². The number of nitrogens with one attached hydrogen (secondary N) is 1. The minimum absolute atomic E-state index is 0.000975. The molecule has 0 fully saturated rings. The molecule has 5 nitrogen and oxygen atoms in total. The molecule has 0 bridgehead atoms. The van der Waals surface area contributed by atoms with Gasteiger partial charge in [-0.15, -0.1) is 0 Å². The zero-order valence-corrected chi connectivity index (χ0v) is 11.3. The van der Waals surface area contributed by atoms with Crippen LogP contribution in [0.5, 0.6) is 0 Å². The molecule has 0 aliphatic rings. The Hall–Kier alpha value is -0.650. The average molecular weight is 245 g/mol. The normalized spacial score (nSPS) is 14.7. The maximum Gasteiger partial charge on any atom is 0.220 e. The Morgan fingerprint density at radius 3 is 2.53 bits per heavy atom. The molecule has 0 aromatic heterocycles. The van der Waals surface area contributed by atoms with Gasteiger partial charge in [-0.2, -0.15) is 0 Å². The van der Waals surface area contributed by atoms with Gasteiger partial charge in [-0.05, 0) is 40.4 Å². The van der Waals surface area contributed by atoms with E-state index >= 15 is 0 Å². The first kappa shape index (κ1) is 16.4. The molecule has 4 N–H and O–H groups in total. The largest absolute Gasteiger partial charge is 0.387 e. The summed E-state index contributed by atoms with van der Waals surface area (Å²) in [4.78, 5) is 13.4. The van der Waals surface area contributed by atoms with E-state index in [4.69, 9.17) is 5.73 Å². The Kier molecular flexibility index (Phi) is 8.12. The molecular formula is C12H27N3O2. The molecule has 0 aliphatic carbocycles. The number of unbranched alkanes of at least 4 members (excludes halogenated alkanes) is 2. The van der Waals surface area contributed by atoms with E-state index in [1.807, 2.05) is 19.0 Å². The quantitative estimate of drug-likeness (QED) is 0.497. The molecule has 0 aromatic rings. The molecule has 1 atom stereocenters. The number of aliphatic hydroxyl groups is 1. The summed E-state index contributed by atoms with van der Waals surface area (Å²) in [5, 5.41) is 12.7. The molecule has 0 saturated carbocycles. The summed E-state index contributed by atoms with van der Waals surface area (Å²) in [7, 11) is 3.78. The molecule has 0 aromatic carbocycles.